The molecule has 0 aromatic rings. The van der Waals surface area contributed by atoms with Gasteiger partial charge in [0.15, 0.2) is 0 Å². The molecule has 1 aliphatic heterocycles. The fraction of sp³-hybridized carbons (Fsp3) is 0.692. The van der Waals surface area contributed by atoms with Gasteiger partial charge in [-0.1, -0.05) is 13.5 Å². The van der Waals surface area contributed by atoms with E-state index in [0.29, 0.717) is 0 Å². The Balaban J connectivity index is 2.65. The van der Waals surface area contributed by atoms with Gasteiger partial charge in [-0.2, -0.15) is 0 Å². The molecule has 3 atom stereocenters. The Bertz CT molecular complexity index is 370. The number of alkyl carbamates (subject to hydrolysis) is 1. The van der Waals surface area contributed by atoms with Crippen LogP contribution in [0.3, 0.4) is 0 Å². The van der Waals surface area contributed by atoms with Crippen molar-refractivity contribution in [2.75, 3.05) is 0 Å². The molecule has 1 fully saturated rings. The van der Waals surface area contributed by atoms with Crippen LogP contribution in [0.1, 0.15) is 34.6 Å². The van der Waals surface area contributed by atoms with Gasteiger partial charge in [0.1, 0.15) is 17.7 Å². The second-order valence-electron chi connectivity index (χ2n) is 5.69. The van der Waals surface area contributed by atoms with Gasteiger partial charge in [0.25, 0.3) is 0 Å². The highest BCUT2D eigenvalue weighted by molar-refractivity contribution is 5.83. The van der Waals surface area contributed by atoms with Crippen molar-refractivity contribution in [2.24, 2.45) is 5.92 Å². The quantitative estimate of drug-likeness (QED) is 0.605. The molecule has 0 aromatic carbocycles. The van der Waals surface area contributed by atoms with E-state index in [1.807, 2.05) is 6.92 Å². The summed E-state index contributed by atoms with van der Waals surface area (Å²) in [6.45, 7) is 12.7. The lowest BCUT2D eigenvalue weighted by molar-refractivity contribution is -0.141. The number of hydrogen-bond acceptors (Lipinski definition) is 4. The van der Waals surface area contributed by atoms with Gasteiger partial charge in [0, 0.05) is 5.92 Å². The third-order valence-corrected chi connectivity index (χ3v) is 2.66. The molecular weight excluding hydrogens is 234 g/mol. The molecule has 0 bridgehead atoms. The fourth-order valence-electron chi connectivity index (χ4n) is 1.87. The second kappa shape index (κ2) is 5.00. The maximum absolute atomic E-state index is 11.7. The standard InChI is InChI=1S/C13H21NO4/c1-7(2)10-8(3)9(11(15)17-10)14-12(16)18-13(4,5)6/h8-10H,1H2,2-6H3,(H,14,16)/t8-,9-,10+/m0/s1. The largest absolute Gasteiger partial charge is 0.456 e. The zero-order chi connectivity index (χ0) is 14.1. The summed E-state index contributed by atoms with van der Waals surface area (Å²) in [5.74, 6) is -0.594. The van der Waals surface area contributed by atoms with E-state index in [4.69, 9.17) is 9.47 Å². The monoisotopic (exact) mass is 255 g/mol. The van der Waals surface area contributed by atoms with E-state index in [2.05, 4.69) is 11.9 Å². The molecule has 1 saturated heterocycles. The van der Waals surface area contributed by atoms with Crippen LogP contribution in [0.25, 0.3) is 0 Å². The summed E-state index contributed by atoms with van der Waals surface area (Å²) in [7, 11) is 0. The van der Waals surface area contributed by atoms with Crippen LogP contribution in [0.5, 0.6) is 0 Å². The highest BCUT2D eigenvalue weighted by atomic mass is 16.6. The molecule has 0 spiro atoms. The van der Waals surface area contributed by atoms with Gasteiger partial charge in [0.05, 0.1) is 0 Å². The van der Waals surface area contributed by atoms with Crippen LogP contribution in [0, 0.1) is 5.92 Å². The van der Waals surface area contributed by atoms with Crippen LogP contribution in [0.2, 0.25) is 0 Å². The van der Waals surface area contributed by atoms with Gasteiger partial charge in [-0.05, 0) is 33.3 Å². The predicted octanol–water partition coefficient (Wildman–Crippen LogP) is 2.02. The summed E-state index contributed by atoms with van der Waals surface area (Å²) in [5.41, 5.74) is 0.174. The van der Waals surface area contributed by atoms with E-state index in [0.717, 1.165) is 5.57 Å². The molecule has 0 radical (unpaired) electrons. The molecule has 0 aromatic heterocycles. The highest BCUT2D eigenvalue weighted by Gasteiger charge is 2.43. The van der Waals surface area contributed by atoms with Gasteiger partial charge in [-0.25, -0.2) is 9.59 Å². The Morgan fingerprint density at radius 2 is 2.00 bits per heavy atom. The molecule has 0 saturated carbocycles. The highest BCUT2D eigenvalue weighted by Crippen LogP contribution is 2.27. The van der Waals surface area contributed by atoms with Crippen LogP contribution in [-0.2, 0) is 14.3 Å². The Hall–Kier alpha value is -1.52. The maximum Gasteiger partial charge on any atom is 0.408 e. The van der Waals surface area contributed by atoms with Crippen molar-refractivity contribution >= 4 is 12.1 Å². The molecule has 5 nitrogen and oxygen atoms in total. The lowest BCUT2D eigenvalue weighted by atomic mass is 9.95. The first-order chi connectivity index (χ1) is 8.11. The number of esters is 1. The maximum atomic E-state index is 11.7. The Labute approximate surface area is 108 Å². The first kappa shape index (κ1) is 14.5. The average molecular weight is 255 g/mol. The summed E-state index contributed by atoms with van der Waals surface area (Å²) in [5, 5.41) is 2.54. The molecule has 5 heteroatoms. The van der Waals surface area contributed by atoms with E-state index in [1.165, 1.54) is 0 Å². The molecule has 1 heterocycles. The molecule has 0 aliphatic carbocycles. The molecule has 102 valence electrons. The number of rotatable bonds is 2. The van der Waals surface area contributed by atoms with Crippen molar-refractivity contribution in [3.8, 4) is 0 Å². The number of nitrogens with one attached hydrogen (secondary N) is 1. The molecule has 0 unspecified atom stereocenters. The Kier molecular flexibility index (Phi) is 4.04. The number of carbonyl (C=O) groups is 2. The zero-order valence-electron chi connectivity index (χ0n) is 11.6. The fourth-order valence-corrected chi connectivity index (χ4v) is 1.87. The molecular formula is C13H21NO4. The normalized spacial score (nSPS) is 27.6. The van der Waals surface area contributed by atoms with E-state index in [1.54, 1.807) is 27.7 Å². The second-order valence-corrected chi connectivity index (χ2v) is 5.69. The van der Waals surface area contributed by atoms with Crippen molar-refractivity contribution in [2.45, 2.75) is 52.4 Å². The van der Waals surface area contributed by atoms with Crippen molar-refractivity contribution in [3.63, 3.8) is 0 Å². The van der Waals surface area contributed by atoms with Crippen LogP contribution < -0.4 is 5.32 Å². The topological polar surface area (TPSA) is 64.6 Å². The smallest absolute Gasteiger partial charge is 0.408 e. The lowest BCUT2D eigenvalue weighted by Gasteiger charge is -2.22. The minimum atomic E-state index is -0.679. The summed E-state index contributed by atoms with van der Waals surface area (Å²) in [6, 6.07) is -0.679. The van der Waals surface area contributed by atoms with Crippen molar-refractivity contribution in [3.05, 3.63) is 12.2 Å². The third-order valence-electron chi connectivity index (χ3n) is 2.66. The summed E-state index contributed by atoms with van der Waals surface area (Å²) in [4.78, 5) is 23.3. The molecule has 1 rings (SSSR count). The van der Waals surface area contributed by atoms with Crippen molar-refractivity contribution < 1.29 is 19.1 Å². The van der Waals surface area contributed by atoms with E-state index < -0.39 is 23.7 Å². The number of hydrogen-bond donors (Lipinski definition) is 1. The molecule has 18 heavy (non-hydrogen) atoms. The van der Waals surface area contributed by atoms with Crippen molar-refractivity contribution in [1.29, 1.82) is 0 Å². The van der Waals surface area contributed by atoms with Gasteiger partial charge < -0.3 is 14.8 Å². The minimum Gasteiger partial charge on any atom is -0.456 e. The van der Waals surface area contributed by atoms with Gasteiger partial charge in [-0.3, -0.25) is 0 Å². The van der Waals surface area contributed by atoms with Crippen LogP contribution in [0.4, 0.5) is 4.79 Å². The number of carbonyl (C=O) groups excluding carboxylic acids is 2. The van der Waals surface area contributed by atoms with Gasteiger partial charge in [-0.15, -0.1) is 0 Å². The van der Waals surface area contributed by atoms with Crippen LogP contribution >= 0.6 is 0 Å². The van der Waals surface area contributed by atoms with Crippen molar-refractivity contribution in [1.82, 2.24) is 5.32 Å². The van der Waals surface area contributed by atoms with Gasteiger partial charge in [0.2, 0.25) is 0 Å². The molecule has 1 amide bonds. The summed E-state index contributed by atoms with van der Waals surface area (Å²) >= 11 is 0. The van der Waals surface area contributed by atoms with Crippen LogP contribution in [0.15, 0.2) is 12.2 Å². The van der Waals surface area contributed by atoms with E-state index in [9.17, 15) is 9.59 Å². The Morgan fingerprint density at radius 3 is 2.39 bits per heavy atom. The molecule has 1 N–H and O–H groups in total. The summed E-state index contributed by atoms with van der Waals surface area (Å²) in [6.07, 6.45) is -0.962. The predicted molar refractivity (Wildman–Crippen MR) is 67.0 cm³/mol. The lowest BCUT2D eigenvalue weighted by Crippen LogP contribution is -2.44. The van der Waals surface area contributed by atoms with E-state index >= 15 is 0 Å². The average Bonchev–Trinajstić information content (AvgIpc) is 2.42. The number of ether oxygens (including phenoxy) is 2. The minimum absolute atomic E-state index is 0.150. The van der Waals surface area contributed by atoms with Gasteiger partial charge >= 0.3 is 12.1 Å². The summed E-state index contributed by atoms with van der Waals surface area (Å²) < 4.78 is 10.3. The molecule has 1 aliphatic rings. The SMILES string of the molecule is C=C(C)[C@H]1OC(=O)[C@@H](NC(=O)OC(C)(C)C)[C@@H]1C. The number of amides is 1. The first-order valence-electron chi connectivity index (χ1n) is 5.97. The van der Waals surface area contributed by atoms with Crippen LogP contribution in [-0.4, -0.2) is 29.8 Å². The third kappa shape index (κ3) is 3.48. The Morgan fingerprint density at radius 1 is 1.44 bits per heavy atom. The van der Waals surface area contributed by atoms with E-state index in [-0.39, 0.29) is 12.0 Å². The zero-order valence-corrected chi connectivity index (χ0v) is 11.6. The number of cyclic esters (lactones) is 1. The first-order valence-corrected chi connectivity index (χ1v) is 5.97.